The highest BCUT2D eigenvalue weighted by molar-refractivity contribution is 5.70. The number of carboxylic acids is 1. The second-order valence-electron chi connectivity index (χ2n) is 4.77. The van der Waals surface area contributed by atoms with Crippen LogP contribution in [0.3, 0.4) is 0 Å². The predicted octanol–water partition coefficient (Wildman–Crippen LogP) is 0.731. The topological polar surface area (TPSA) is 43.8 Å². The number of hydrogen-bond acceptors (Lipinski definition) is 3. The van der Waals surface area contributed by atoms with Crippen LogP contribution >= 0.6 is 0 Å². The van der Waals surface area contributed by atoms with Crippen LogP contribution in [0.15, 0.2) is 0 Å². The van der Waals surface area contributed by atoms with Gasteiger partial charge in [0.1, 0.15) is 0 Å². The maximum absolute atomic E-state index is 10.9. The third kappa shape index (κ3) is 2.92. The molecule has 0 spiro atoms. The Morgan fingerprint density at radius 1 is 1.47 bits per heavy atom. The van der Waals surface area contributed by atoms with E-state index in [9.17, 15) is 4.79 Å². The molecular formula is C11H22N2O2. The van der Waals surface area contributed by atoms with Gasteiger partial charge in [-0.3, -0.25) is 9.69 Å². The van der Waals surface area contributed by atoms with Crippen LogP contribution in [0.2, 0.25) is 0 Å². The molecule has 1 N–H and O–H groups in total. The summed E-state index contributed by atoms with van der Waals surface area (Å²) in [6.07, 6.45) is 1.14. The van der Waals surface area contributed by atoms with E-state index in [1.54, 1.807) is 6.92 Å². The van der Waals surface area contributed by atoms with Gasteiger partial charge in [0.15, 0.2) is 0 Å². The van der Waals surface area contributed by atoms with Gasteiger partial charge in [-0.15, -0.1) is 0 Å². The Hall–Kier alpha value is -0.610. The van der Waals surface area contributed by atoms with E-state index >= 15 is 0 Å². The molecule has 0 aromatic rings. The number of carboxylic acid groups (broad SMARTS) is 1. The summed E-state index contributed by atoms with van der Waals surface area (Å²) in [5.74, 6) is -0.985. The van der Waals surface area contributed by atoms with Crippen molar-refractivity contribution in [1.29, 1.82) is 0 Å². The minimum atomic E-state index is -0.698. The van der Waals surface area contributed by atoms with E-state index < -0.39 is 5.97 Å². The summed E-state index contributed by atoms with van der Waals surface area (Å²) < 4.78 is 0. The van der Waals surface area contributed by atoms with Crippen molar-refractivity contribution in [3.63, 3.8) is 0 Å². The quantitative estimate of drug-likeness (QED) is 0.749. The maximum atomic E-state index is 10.9. The van der Waals surface area contributed by atoms with Crippen LogP contribution in [-0.4, -0.2) is 60.1 Å². The van der Waals surface area contributed by atoms with Crippen molar-refractivity contribution in [3.05, 3.63) is 0 Å². The van der Waals surface area contributed by atoms with Crippen molar-refractivity contribution in [2.24, 2.45) is 5.92 Å². The zero-order chi connectivity index (χ0) is 11.6. The van der Waals surface area contributed by atoms with E-state index in [0.29, 0.717) is 6.04 Å². The van der Waals surface area contributed by atoms with Crippen LogP contribution in [-0.2, 0) is 4.79 Å². The lowest BCUT2D eigenvalue weighted by Crippen LogP contribution is -2.41. The number of aliphatic carboxylic acids is 1. The lowest BCUT2D eigenvalue weighted by molar-refractivity contribution is -0.143. The fourth-order valence-electron chi connectivity index (χ4n) is 2.08. The minimum Gasteiger partial charge on any atom is -0.481 e. The normalized spacial score (nSPS) is 26.9. The molecule has 0 aliphatic carbocycles. The first kappa shape index (κ1) is 12.5. The summed E-state index contributed by atoms with van der Waals surface area (Å²) in [4.78, 5) is 15.4. The second-order valence-corrected chi connectivity index (χ2v) is 4.77. The van der Waals surface area contributed by atoms with Crippen LogP contribution in [0.4, 0.5) is 0 Å². The molecule has 1 aliphatic heterocycles. The summed E-state index contributed by atoms with van der Waals surface area (Å²) in [7, 11) is 4.17. The highest BCUT2D eigenvalue weighted by atomic mass is 16.4. The van der Waals surface area contributed by atoms with Crippen molar-refractivity contribution in [1.82, 2.24) is 9.80 Å². The number of nitrogens with zero attached hydrogens (tertiary/aromatic N) is 2. The summed E-state index contributed by atoms with van der Waals surface area (Å²) >= 11 is 0. The number of likely N-dealkylation sites (N-methyl/N-ethyl adjacent to an activating group) is 1. The van der Waals surface area contributed by atoms with Gasteiger partial charge in [-0.2, -0.15) is 0 Å². The largest absolute Gasteiger partial charge is 0.481 e. The Balaban J connectivity index is 2.49. The van der Waals surface area contributed by atoms with E-state index in [0.717, 1.165) is 19.5 Å². The molecule has 15 heavy (non-hydrogen) atoms. The lowest BCUT2D eigenvalue weighted by Gasteiger charge is -2.28. The number of hydrogen-bond donors (Lipinski definition) is 1. The molecule has 1 heterocycles. The van der Waals surface area contributed by atoms with Gasteiger partial charge < -0.3 is 10.0 Å². The molecule has 88 valence electrons. The highest BCUT2D eigenvalue weighted by Gasteiger charge is 2.31. The molecule has 1 saturated heterocycles. The molecule has 0 amide bonds. The van der Waals surface area contributed by atoms with Crippen LogP contribution in [0.5, 0.6) is 0 Å². The van der Waals surface area contributed by atoms with Crippen molar-refractivity contribution in [2.75, 3.05) is 27.2 Å². The molecule has 3 unspecified atom stereocenters. The van der Waals surface area contributed by atoms with Crippen LogP contribution < -0.4 is 0 Å². The maximum Gasteiger partial charge on any atom is 0.307 e. The fourth-order valence-corrected chi connectivity index (χ4v) is 2.08. The Bertz CT molecular complexity index is 231. The van der Waals surface area contributed by atoms with E-state index in [2.05, 4.69) is 23.9 Å². The molecular weight excluding hydrogens is 192 g/mol. The van der Waals surface area contributed by atoms with Gasteiger partial charge in [0.2, 0.25) is 0 Å². The Labute approximate surface area is 91.9 Å². The van der Waals surface area contributed by atoms with Gasteiger partial charge >= 0.3 is 5.97 Å². The Morgan fingerprint density at radius 2 is 2.07 bits per heavy atom. The lowest BCUT2D eigenvalue weighted by atomic mass is 10.0. The molecule has 4 nitrogen and oxygen atoms in total. The molecule has 0 saturated carbocycles. The van der Waals surface area contributed by atoms with Gasteiger partial charge in [0, 0.05) is 25.2 Å². The molecule has 1 fully saturated rings. The minimum absolute atomic E-state index is 0.132. The molecule has 0 aromatic carbocycles. The first-order valence-corrected chi connectivity index (χ1v) is 5.56. The summed E-state index contributed by atoms with van der Waals surface area (Å²) in [6.45, 7) is 5.81. The smallest absolute Gasteiger partial charge is 0.307 e. The molecule has 0 radical (unpaired) electrons. The SMILES string of the molecule is CC(C(=O)O)C(C)N1CCC(N(C)C)C1. The first-order chi connectivity index (χ1) is 6.93. The van der Waals surface area contributed by atoms with Crippen LogP contribution in [0.25, 0.3) is 0 Å². The average molecular weight is 214 g/mol. The average Bonchev–Trinajstić information content (AvgIpc) is 2.64. The van der Waals surface area contributed by atoms with Gasteiger partial charge in [-0.1, -0.05) is 6.92 Å². The van der Waals surface area contributed by atoms with Crippen molar-refractivity contribution >= 4 is 5.97 Å². The first-order valence-electron chi connectivity index (χ1n) is 5.56. The van der Waals surface area contributed by atoms with E-state index in [1.165, 1.54) is 0 Å². The molecule has 3 atom stereocenters. The van der Waals surface area contributed by atoms with E-state index in [-0.39, 0.29) is 12.0 Å². The van der Waals surface area contributed by atoms with E-state index in [1.807, 2.05) is 6.92 Å². The molecule has 4 heteroatoms. The predicted molar refractivity (Wildman–Crippen MR) is 59.9 cm³/mol. The summed E-state index contributed by atoms with van der Waals surface area (Å²) in [6, 6.07) is 0.709. The number of rotatable bonds is 4. The van der Waals surface area contributed by atoms with Gasteiger partial charge in [-0.05, 0) is 27.4 Å². The molecule has 1 aliphatic rings. The van der Waals surface area contributed by atoms with Crippen LogP contribution in [0, 0.1) is 5.92 Å². The van der Waals surface area contributed by atoms with Crippen LogP contribution in [0.1, 0.15) is 20.3 Å². The van der Waals surface area contributed by atoms with Gasteiger partial charge in [0.05, 0.1) is 5.92 Å². The third-order valence-corrected chi connectivity index (χ3v) is 3.61. The van der Waals surface area contributed by atoms with Crippen molar-refractivity contribution in [2.45, 2.75) is 32.4 Å². The van der Waals surface area contributed by atoms with Gasteiger partial charge in [-0.25, -0.2) is 0 Å². The molecule has 1 rings (SSSR count). The standard InChI is InChI=1S/C11H22N2O2/c1-8(11(14)15)9(2)13-6-5-10(7-13)12(3)4/h8-10H,5-7H2,1-4H3,(H,14,15). The fraction of sp³-hybridized carbons (Fsp3) is 0.909. The zero-order valence-electron chi connectivity index (χ0n) is 10.1. The van der Waals surface area contributed by atoms with Crippen molar-refractivity contribution in [3.8, 4) is 0 Å². The highest BCUT2D eigenvalue weighted by Crippen LogP contribution is 2.20. The van der Waals surface area contributed by atoms with Crippen molar-refractivity contribution < 1.29 is 9.90 Å². The Kier molecular flexibility index (Phi) is 4.11. The van der Waals surface area contributed by atoms with Gasteiger partial charge in [0.25, 0.3) is 0 Å². The third-order valence-electron chi connectivity index (χ3n) is 3.61. The number of carbonyl (C=O) groups is 1. The second kappa shape index (κ2) is 4.94. The summed E-state index contributed by atoms with van der Waals surface area (Å²) in [5, 5.41) is 8.95. The van der Waals surface area contributed by atoms with E-state index in [4.69, 9.17) is 5.11 Å². The zero-order valence-corrected chi connectivity index (χ0v) is 10.1. The number of likely N-dealkylation sites (tertiary alicyclic amines) is 1. The summed E-state index contributed by atoms with van der Waals surface area (Å²) in [5.41, 5.74) is 0. The molecule has 0 aromatic heterocycles. The monoisotopic (exact) mass is 214 g/mol. The Morgan fingerprint density at radius 3 is 2.47 bits per heavy atom. The molecule has 0 bridgehead atoms.